The van der Waals surface area contributed by atoms with Crippen molar-refractivity contribution in [2.45, 2.75) is 20.0 Å². The molecule has 1 aromatic carbocycles. The zero-order chi connectivity index (χ0) is 18.9. The highest BCUT2D eigenvalue weighted by Crippen LogP contribution is 2.21. The van der Waals surface area contributed by atoms with E-state index in [-0.39, 0.29) is 0 Å². The van der Waals surface area contributed by atoms with E-state index in [1.807, 2.05) is 48.8 Å². The number of rotatable bonds is 9. The zero-order valence-electron chi connectivity index (χ0n) is 15.6. The number of hydrogen-bond acceptors (Lipinski definition) is 5. The predicted molar refractivity (Wildman–Crippen MR) is 107 cm³/mol. The molecule has 0 atom stereocenters. The lowest BCUT2D eigenvalue weighted by molar-refractivity contribution is 0.263. The van der Waals surface area contributed by atoms with Crippen LogP contribution in [0.15, 0.2) is 73.7 Å². The summed E-state index contributed by atoms with van der Waals surface area (Å²) in [5.41, 5.74) is 3.01. The van der Waals surface area contributed by atoms with Gasteiger partial charge >= 0.3 is 0 Å². The first-order valence-corrected chi connectivity index (χ1v) is 9.06. The topological polar surface area (TPSA) is 51.1 Å². The third-order valence-electron chi connectivity index (χ3n) is 4.18. The maximum Gasteiger partial charge on any atom is 0.178 e. The van der Waals surface area contributed by atoms with Crippen LogP contribution in [0.5, 0.6) is 5.75 Å². The van der Waals surface area contributed by atoms with E-state index in [0.29, 0.717) is 12.4 Å². The van der Waals surface area contributed by atoms with Gasteiger partial charge in [-0.1, -0.05) is 43.8 Å². The average molecular weight is 360 g/mol. The van der Waals surface area contributed by atoms with Crippen LogP contribution < -0.4 is 4.74 Å². The molecule has 0 fully saturated rings. The van der Waals surface area contributed by atoms with Crippen LogP contribution in [0.2, 0.25) is 0 Å². The fraction of sp³-hybridized carbons (Fsp3) is 0.227. The Morgan fingerprint density at radius 2 is 1.78 bits per heavy atom. The third kappa shape index (κ3) is 5.21. The summed E-state index contributed by atoms with van der Waals surface area (Å²) in [6.45, 7) is 8.85. The molecule has 0 aliphatic carbocycles. The van der Waals surface area contributed by atoms with Gasteiger partial charge in [0, 0.05) is 42.8 Å². The number of para-hydroxylation sites is 1. The van der Waals surface area contributed by atoms with E-state index in [9.17, 15) is 0 Å². The van der Waals surface area contributed by atoms with E-state index < -0.39 is 0 Å². The molecule has 0 aliphatic heterocycles. The van der Waals surface area contributed by atoms with Crippen LogP contribution in [0.4, 0.5) is 0 Å². The molecule has 0 spiro atoms. The SMILES string of the molecule is C=CCOc1ccccc1CN(CC)Cc1cnc(-c2ccccn2)nc1. The predicted octanol–water partition coefficient (Wildman–Crippen LogP) is 4.13. The smallest absolute Gasteiger partial charge is 0.178 e. The maximum absolute atomic E-state index is 5.77. The number of pyridine rings is 1. The van der Waals surface area contributed by atoms with E-state index in [4.69, 9.17) is 4.74 Å². The second-order valence-electron chi connectivity index (χ2n) is 6.14. The van der Waals surface area contributed by atoms with Crippen molar-refractivity contribution in [1.82, 2.24) is 19.9 Å². The van der Waals surface area contributed by atoms with Crippen molar-refractivity contribution in [1.29, 1.82) is 0 Å². The molecule has 0 saturated carbocycles. The number of ether oxygens (including phenoxy) is 1. The Balaban J connectivity index is 1.68. The van der Waals surface area contributed by atoms with E-state index in [2.05, 4.69) is 39.4 Å². The van der Waals surface area contributed by atoms with Gasteiger partial charge in [-0.2, -0.15) is 0 Å². The van der Waals surface area contributed by atoms with Gasteiger partial charge in [-0.15, -0.1) is 0 Å². The minimum absolute atomic E-state index is 0.506. The lowest BCUT2D eigenvalue weighted by Crippen LogP contribution is -2.23. The molecule has 0 N–H and O–H groups in total. The summed E-state index contributed by atoms with van der Waals surface area (Å²) >= 11 is 0. The monoisotopic (exact) mass is 360 g/mol. The molecule has 3 aromatic rings. The molecule has 138 valence electrons. The summed E-state index contributed by atoms with van der Waals surface area (Å²) in [6.07, 6.45) is 7.26. The number of benzene rings is 1. The standard InChI is InChI=1S/C22H24N4O/c1-3-13-27-21-11-6-5-9-19(21)17-26(4-2)16-18-14-24-22(25-15-18)20-10-7-8-12-23-20/h3,5-12,14-15H,1,4,13,16-17H2,2H3. The number of aromatic nitrogens is 3. The highest BCUT2D eigenvalue weighted by Gasteiger charge is 2.10. The van der Waals surface area contributed by atoms with Crippen LogP contribution in [0.1, 0.15) is 18.1 Å². The Morgan fingerprint density at radius 1 is 1.00 bits per heavy atom. The fourth-order valence-electron chi connectivity index (χ4n) is 2.77. The Hall–Kier alpha value is -3.05. The van der Waals surface area contributed by atoms with Gasteiger partial charge in [0.05, 0.1) is 0 Å². The van der Waals surface area contributed by atoms with Crippen LogP contribution >= 0.6 is 0 Å². The first-order valence-electron chi connectivity index (χ1n) is 9.06. The molecule has 0 radical (unpaired) electrons. The van der Waals surface area contributed by atoms with Crippen molar-refractivity contribution >= 4 is 0 Å². The lowest BCUT2D eigenvalue weighted by Gasteiger charge is -2.22. The molecule has 0 saturated heterocycles. The molecule has 0 bridgehead atoms. The second-order valence-corrected chi connectivity index (χ2v) is 6.14. The minimum atomic E-state index is 0.506. The van der Waals surface area contributed by atoms with Gasteiger partial charge < -0.3 is 4.74 Å². The first kappa shape index (κ1) is 18.7. The second kappa shape index (κ2) is 9.59. The Morgan fingerprint density at radius 3 is 2.48 bits per heavy atom. The Kier molecular flexibility index (Phi) is 6.66. The largest absolute Gasteiger partial charge is 0.489 e. The molecule has 0 aliphatic rings. The molecule has 5 nitrogen and oxygen atoms in total. The molecule has 0 amide bonds. The summed E-state index contributed by atoms with van der Waals surface area (Å²) in [5.74, 6) is 1.54. The van der Waals surface area contributed by atoms with Crippen LogP contribution in [-0.2, 0) is 13.1 Å². The van der Waals surface area contributed by atoms with Crippen molar-refractivity contribution in [3.05, 3.63) is 84.8 Å². The minimum Gasteiger partial charge on any atom is -0.489 e. The van der Waals surface area contributed by atoms with Crippen molar-refractivity contribution in [2.75, 3.05) is 13.2 Å². The Bertz CT molecular complexity index is 850. The summed E-state index contributed by atoms with van der Waals surface area (Å²) in [7, 11) is 0. The number of hydrogen-bond donors (Lipinski definition) is 0. The third-order valence-corrected chi connectivity index (χ3v) is 4.18. The molecule has 27 heavy (non-hydrogen) atoms. The van der Waals surface area contributed by atoms with Gasteiger partial charge in [-0.25, -0.2) is 9.97 Å². The number of nitrogens with zero attached hydrogens (tertiary/aromatic N) is 4. The van der Waals surface area contributed by atoms with Crippen molar-refractivity contribution in [3.63, 3.8) is 0 Å². The quantitative estimate of drug-likeness (QED) is 0.537. The van der Waals surface area contributed by atoms with Gasteiger partial charge in [-0.3, -0.25) is 9.88 Å². The van der Waals surface area contributed by atoms with E-state index in [1.165, 1.54) is 0 Å². The summed E-state index contributed by atoms with van der Waals surface area (Å²) in [6, 6.07) is 13.8. The normalized spacial score (nSPS) is 10.7. The average Bonchev–Trinajstić information content (AvgIpc) is 2.73. The van der Waals surface area contributed by atoms with Gasteiger partial charge in [0.15, 0.2) is 5.82 Å². The highest BCUT2D eigenvalue weighted by atomic mass is 16.5. The van der Waals surface area contributed by atoms with Crippen LogP contribution in [0, 0.1) is 0 Å². The molecule has 2 aromatic heterocycles. The molecule has 2 heterocycles. The van der Waals surface area contributed by atoms with Gasteiger partial charge in [0.25, 0.3) is 0 Å². The van der Waals surface area contributed by atoms with Crippen LogP contribution in [0.25, 0.3) is 11.5 Å². The molecule has 0 unspecified atom stereocenters. The van der Waals surface area contributed by atoms with E-state index in [0.717, 1.165) is 42.2 Å². The van der Waals surface area contributed by atoms with Gasteiger partial charge in [-0.05, 0) is 24.7 Å². The molecular weight excluding hydrogens is 336 g/mol. The molecule has 3 rings (SSSR count). The van der Waals surface area contributed by atoms with Gasteiger partial charge in [0.1, 0.15) is 18.1 Å². The van der Waals surface area contributed by atoms with Crippen LogP contribution in [0.3, 0.4) is 0 Å². The molecule has 5 heteroatoms. The first-order chi connectivity index (χ1) is 13.3. The van der Waals surface area contributed by atoms with Crippen molar-refractivity contribution in [3.8, 4) is 17.3 Å². The van der Waals surface area contributed by atoms with Gasteiger partial charge in [0.2, 0.25) is 0 Å². The van der Waals surface area contributed by atoms with Crippen LogP contribution in [-0.4, -0.2) is 33.0 Å². The fourth-order valence-corrected chi connectivity index (χ4v) is 2.77. The van der Waals surface area contributed by atoms with Crippen molar-refractivity contribution in [2.24, 2.45) is 0 Å². The molecular formula is C22H24N4O. The van der Waals surface area contributed by atoms with E-state index >= 15 is 0 Å². The lowest BCUT2D eigenvalue weighted by atomic mass is 10.1. The highest BCUT2D eigenvalue weighted by molar-refractivity contribution is 5.47. The van der Waals surface area contributed by atoms with E-state index in [1.54, 1.807) is 12.3 Å². The summed E-state index contributed by atoms with van der Waals surface area (Å²) < 4.78 is 5.77. The Labute approximate surface area is 160 Å². The zero-order valence-corrected chi connectivity index (χ0v) is 15.6. The maximum atomic E-state index is 5.77. The van der Waals surface area contributed by atoms with Crippen molar-refractivity contribution < 1.29 is 4.74 Å². The summed E-state index contributed by atoms with van der Waals surface area (Å²) in [4.78, 5) is 15.5. The summed E-state index contributed by atoms with van der Waals surface area (Å²) in [5, 5.41) is 0.